The van der Waals surface area contributed by atoms with Gasteiger partial charge < -0.3 is 14.0 Å². The summed E-state index contributed by atoms with van der Waals surface area (Å²) in [6.45, 7) is 4.01. The van der Waals surface area contributed by atoms with Crippen LogP contribution in [0.2, 0.25) is 0 Å². The number of rotatable bonds is 2. The highest BCUT2D eigenvalue weighted by Crippen LogP contribution is 2.38. The largest absolute Gasteiger partial charge is 0.640 e. The van der Waals surface area contributed by atoms with Crippen LogP contribution in [0.1, 0.15) is 25.5 Å². The Hall–Kier alpha value is -0.835. The fourth-order valence-corrected chi connectivity index (χ4v) is 1.82. The summed E-state index contributed by atoms with van der Waals surface area (Å²) in [5.41, 5.74) is 0.754. The van der Waals surface area contributed by atoms with Gasteiger partial charge in [-0.1, -0.05) is 30.3 Å². The van der Waals surface area contributed by atoms with Crippen LogP contribution < -0.4 is 0 Å². The lowest BCUT2D eigenvalue weighted by Gasteiger charge is -2.25. The first-order valence-corrected chi connectivity index (χ1v) is 5.04. The van der Waals surface area contributed by atoms with Gasteiger partial charge in [-0.15, -0.1) is 0 Å². The van der Waals surface area contributed by atoms with Crippen molar-refractivity contribution in [3.8, 4) is 0 Å². The second-order valence-corrected chi connectivity index (χ2v) is 4.17. The zero-order valence-corrected chi connectivity index (χ0v) is 9.27. The molecule has 1 fully saturated rings. The second-order valence-electron chi connectivity index (χ2n) is 4.17. The van der Waals surface area contributed by atoms with E-state index in [1.54, 1.807) is 7.11 Å². The van der Waals surface area contributed by atoms with Crippen LogP contribution >= 0.6 is 0 Å². The van der Waals surface area contributed by atoms with Crippen molar-refractivity contribution in [2.75, 3.05) is 7.11 Å². The van der Waals surface area contributed by atoms with Crippen molar-refractivity contribution in [3.05, 3.63) is 35.9 Å². The van der Waals surface area contributed by atoms with Crippen molar-refractivity contribution in [3.63, 3.8) is 0 Å². The van der Waals surface area contributed by atoms with Crippen LogP contribution in [0.4, 0.5) is 0 Å². The lowest BCUT2D eigenvalue weighted by atomic mass is 9.95. The summed E-state index contributed by atoms with van der Waals surface area (Å²) >= 11 is 0. The van der Waals surface area contributed by atoms with Gasteiger partial charge in [-0.2, -0.15) is 0 Å². The van der Waals surface area contributed by atoms with E-state index in [1.165, 1.54) is 0 Å². The smallest absolute Gasteiger partial charge is 0.389 e. The highest BCUT2D eigenvalue weighted by molar-refractivity contribution is 6.37. The van der Waals surface area contributed by atoms with E-state index in [-0.39, 0.29) is 11.7 Å². The Balaban J connectivity index is 2.23. The van der Waals surface area contributed by atoms with Crippen LogP contribution in [0.25, 0.3) is 0 Å². The fraction of sp³-hybridized carbons (Fsp3) is 0.455. The van der Waals surface area contributed by atoms with Gasteiger partial charge in [0.1, 0.15) is 0 Å². The molecule has 1 aromatic carbocycles. The van der Waals surface area contributed by atoms with E-state index < -0.39 is 7.32 Å². The molecular formula is C11H15BO3. The number of hydrogen-bond donors (Lipinski definition) is 0. The molecule has 1 unspecified atom stereocenters. The molecule has 80 valence electrons. The number of hydrogen-bond acceptors (Lipinski definition) is 3. The average Bonchev–Trinajstić information content (AvgIpc) is 2.55. The molecule has 0 amide bonds. The van der Waals surface area contributed by atoms with Gasteiger partial charge in [-0.25, -0.2) is 0 Å². The Morgan fingerprint density at radius 2 is 1.93 bits per heavy atom. The van der Waals surface area contributed by atoms with E-state index >= 15 is 0 Å². The summed E-state index contributed by atoms with van der Waals surface area (Å²) in [4.78, 5) is 0. The monoisotopic (exact) mass is 206 g/mol. The molecule has 0 radical (unpaired) electrons. The first kappa shape index (κ1) is 10.7. The second kappa shape index (κ2) is 3.97. The van der Waals surface area contributed by atoms with Crippen molar-refractivity contribution in [2.45, 2.75) is 25.6 Å². The van der Waals surface area contributed by atoms with Gasteiger partial charge in [-0.3, -0.25) is 0 Å². The highest BCUT2D eigenvalue weighted by Gasteiger charge is 2.47. The quantitative estimate of drug-likeness (QED) is 0.694. The molecule has 2 rings (SSSR count). The van der Waals surface area contributed by atoms with Crippen LogP contribution in [-0.2, 0) is 14.0 Å². The zero-order chi connectivity index (χ0) is 10.9. The lowest BCUT2D eigenvalue weighted by molar-refractivity contribution is 0.0703. The van der Waals surface area contributed by atoms with Gasteiger partial charge in [0, 0.05) is 7.11 Å². The predicted octanol–water partition coefficient (Wildman–Crippen LogP) is 2.18. The molecule has 15 heavy (non-hydrogen) atoms. The van der Waals surface area contributed by atoms with Gasteiger partial charge in [0.25, 0.3) is 0 Å². The van der Waals surface area contributed by atoms with Crippen LogP contribution in [0.15, 0.2) is 30.3 Å². The first-order chi connectivity index (χ1) is 7.13. The molecule has 1 aliphatic rings. The minimum atomic E-state index is -0.565. The number of benzene rings is 1. The van der Waals surface area contributed by atoms with E-state index in [1.807, 2.05) is 44.2 Å². The molecule has 0 aliphatic carbocycles. The van der Waals surface area contributed by atoms with Crippen LogP contribution in [0, 0.1) is 0 Å². The van der Waals surface area contributed by atoms with Gasteiger partial charge in [-0.05, 0) is 19.4 Å². The highest BCUT2D eigenvalue weighted by atomic mass is 16.8. The summed E-state index contributed by atoms with van der Waals surface area (Å²) in [6.07, 6.45) is -0.0800. The summed E-state index contributed by atoms with van der Waals surface area (Å²) in [7, 11) is 1.01. The summed E-state index contributed by atoms with van der Waals surface area (Å²) in [5, 5.41) is 0. The van der Waals surface area contributed by atoms with Crippen LogP contribution in [0.5, 0.6) is 0 Å². The predicted molar refractivity (Wildman–Crippen MR) is 58.2 cm³/mol. The third kappa shape index (κ3) is 2.07. The van der Waals surface area contributed by atoms with Crippen LogP contribution in [-0.4, -0.2) is 20.0 Å². The maximum Gasteiger partial charge on any atom is 0.640 e. The molecule has 1 aliphatic heterocycles. The first-order valence-electron chi connectivity index (χ1n) is 5.04. The molecule has 3 nitrogen and oxygen atoms in total. The minimum Gasteiger partial charge on any atom is -0.389 e. The zero-order valence-electron chi connectivity index (χ0n) is 9.27. The molecule has 1 atom stereocenters. The molecule has 0 N–H and O–H groups in total. The molecule has 0 saturated carbocycles. The Morgan fingerprint density at radius 1 is 1.27 bits per heavy atom. The van der Waals surface area contributed by atoms with Crippen molar-refractivity contribution >= 4 is 7.32 Å². The Morgan fingerprint density at radius 3 is 2.47 bits per heavy atom. The standard InChI is InChI=1S/C11H15BO3/c1-11(2)10(14-12(13-3)15-11)9-7-5-4-6-8-9/h4-8,10H,1-3H3. The van der Waals surface area contributed by atoms with Crippen molar-refractivity contribution in [1.29, 1.82) is 0 Å². The Bertz CT molecular complexity index is 326. The van der Waals surface area contributed by atoms with Crippen molar-refractivity contribution in [1.82, 2.24) is 0 Å². The van der Waals surface area contributed by atoms with E-state index in [0.717, 1.165) is 5.56 Å². The SMILES string of the molecule is COB1OC(c2ccccc2)C(C)(C)O1. The fourth-order valence-electron chi connectivity index (χ4n) is 1.82. The maximum absolute atomic E-state index is 5.67. The molecule has 1 saturated heterocycles. The summed E-state index contributed by atoms with van der Waals surface area (Å²) in [6, 6.07) is 10.0. The Kier molecular flexibility index (Phi) is 2.82. The topological polar surface area (TPSA) is 27.7 Å². The third-order valence-electron chi connectivity index (χ3n) is 2.57. The summed E-state index contributed by atoms with van der Waals surface area (Å²) in [5.74, 6) is 0. The van der Waals surface area contributed by atoms with E-state index in [9.17, 15) is 0 Å². The van der Waals surface area contributed by atoms with Crippen molar-refractivity contribution < 1.29 is 14.0 Å². The van der Waals surface area contributed by atoms with E-state index in [2.05, 4.69) is 0 Å². The Labute approximate surface area is 90.5 Å². The average molecular weight is 206 g/mol. The molecule has 0 bridgehead atoms. The van der Waals surface area contributed by atoms with Gasteiger partial charge in [0.2, 0.25) is 0 Å². The molecular weight excluding hydrogens is 191 g/mol. The third-order valence-corrected chi connectivity index (χ3v) is 2.57. The molecule has 0 spiro atoms. The molecule has 0 aromatic heterocycles. The van der Waals surface area contributed by atoms with Gasteiger partial charge in [0.15, 0.2) is 0 Å². The van der Waals surface area contributed by atoms with Gasteiger partial charge >= 0.3 is 7.32 Å². The molecule has 1 aromatic rings. The van der Waals surface area contributed by atoms with E-state index in [0.29, 0.717) is 0 Å². The van der Waals surface area contributed by atoms with E-state index in [4.69, 9.17) is 14.0 Å². The molecule has 4 heteroatoms. The maximum atomic E-state index is 5.67. The minimum absolute atomic E-state index is 0.0800. The summed E-state index contributed by atoms with van der Waals surface area (Å²) < 4.78 is 16.3. The molecule has 1 heterocycles. The van der Waals surface area contributed by atoms with Crippen molar-refractivity contribution in [2.24, 2.45) is 0 Å². The lowest BCUT2D eigenvalue weighted by Crippen LogP contribution is -2.27. The van der Waals surface area contributed by atoms with Crippen LogP contribution in [0.3, 0.4) is 0 Å². The normalized spacial score (nSPS) is 24.5. The van der Waals surface area contributed by atoms with Gasteiger partial charge in [0.05, 0.1) is 11.7 Å².